The summed E-state index contributed by atoms with van der Waals surface area (Å²) in [5.74, 6) is -0.114. The summed E-state index contributed by atoms with van der Waals surface area (Å²) in [6.07, 6.45) is 1.28. The Balaban J connectivity index is 2.02. The van der Waals surface area contributed by atoms with Gasteiger partial charge in [-0.25, -0.2) is 4.98 Å². The van der Waals surface area contributed by atoms with Crippen molar-refractivity contribution in [1.29, 1.82) is 0 Å². The van der Waals surface area contributed by atoms with E-state index in [1.807, 2.05) is 5.38 Å². The number of carbonyl (C=O) groups excluding carboxylic acids is 1. The van der Waals surface area contributed by atoms with E-state index in [0.717, 1.165) is 22.7 Å². The Morgan fingerprint density at radius 2 is 2.10 bits per heavy atom. The third-order valence-electron chi connectivity index (χ3n) is 2.94. The zero-order chi connectivity index (χ0) is 14.4. The summed E-state index contributed by atoms with van der Waals surface area (Å²) in [6.45, 7) is 2.37. The number of hydrogen-bond acceptors (Lipinski definition) is 4. The fourth-order valence-corrected chi connectivity index (χ4v) is 2.65. The van der Waals surface area contributed by atoms with Gasteiger partial charge in [0.05, 0.1) is 18.7 Å². The number of benzene rings is 1. The molecule has 0 atom stereocenters. The molecule has 1 aromatic heterocycles. The maximum atomic E-state index is 11.5. The van der Waals surface area contributed by atoms with Gasteiger partial charge in [-0.15, -0.1) is 11.3 Å². The normalized spacial score (nSPS) is 10.5. The van der Waals surface area contributed by atoms with Gasteiger partial charge in [0.2, 0.25) is 5.91 Å². The van der Waals surface area contributed by atoms with Crippen molar-refractivity contribution >= 4 is 17.2 Å². The van der Waals surface area contributed by atoms with Crippen LogP contribution in [-0.2, 0) is 17.6 Å². The van der Waals surface area contributed by atoms with Crippen molar-refractivity contribution in [3.05, 3.63) is 40.9 Å². The Bertz CT molecular complexity index is 564. The van der Waals surface area contributed by atoms with Crippen LogP contribution in [0, 0.1) is 0 Å². The van der Waals surface area contributed by atoms with E-state index in [-0.39, 0.29) is 25.5 Å². The molecule has 0 spiro atoms. The Morgan fingerprint density at radius 3 is 2.75 bits per heavy atom. The second-order valence-corrected chi connectivity index (χ2v) is 5.30. The molecule has 1 aromatic carbocycles. The molecule has 106 valence electrons. The van der Waals surface area contributed by atoms with Gasteiger partial charge < -0.3 is 10.4 Å². The number of aliphatic hydroxyl groups is 1. The standard InChI is InChI=1S/C15H18N2O2S/c1-2-11-3-5-12(6-4-11)15-17-13(10-20-15)9-14(19)16-7-8-18/h3-6,10,18H,2,7-9H2,1H3,(H,16,19). The summed E-state index contributed by atoms with van der Waals surface area (Å²) < 4.78 is 0. The second kappa shape index (κ2) is 7.17. The molecular formula is C15H18N2O2S. The Morgan fingerprint density at radius 1 is 1.35 bits per heavy atom. The molecule has 0 aliphatic heterocycles. The first kappa shape index (κ1) is 14.7. The number of hydrogen-bond donors (Lipinski definition) is 2. The number of rotatable bonds is 6. The molecule has 2 N–H and O–H groups in total. The minimum atomic E-state index is -0.114. The lowest BCUT2D eigenvalue weighted by Crippen LogP contribution is -2.27. The molecule has 0 radical (unpaired) electrons. The molecule has 0 bridgehead atoms. The molecular weight excluding hydrogens is 272 g/mol. The molecule has 2 aromatic rings. The van der Waals surface area contributed by atoms with Crippen LogP contribution < -0.4 is 5.32 Å². The quantitative estimate of drug-likeness (QED) is 0.855. The molecule has 0 saturated heterocycles. The number of nitrogens with zero attached hydrogens (tertiary/aromatic N) is 1. The molecule has 0 unspecified atom stereocenters. The molecule has 2 rings (SSSR count). The zero-order valence-corrected chi connectivity index (χ0v) is 12.2. The number of aryl methyl sites for hydroxylation is 1. The SMILES string of the molecule is CCc1ccc(-c2nc(CC(=O)NCCO)cs2)cc1. The molecule has 0 fully saturated rings. The first-order valence-electron chi connectivity index (χ1n) is 6.64. The van der Waals surface area contributed by atoms with Crippen LogP contribution in [0.3, 0.4) is 0 Å². The maximum absolute atomic E-state index is 11.5. The number of nitrogens with one attached hydrogen (secondary N) is 1. The summed E-state index contributed by atoms with van der Waals surface area (Å²) >= 11 is 1.54. The molecule has 0 saturated carbocycles. The molecule has 20 heavy (non-hydrogen) atoms. The lowest BCUT2D eigenvalue weighted by molar-refractivity contribution is -0.120. The van der Waals surface area contributed by atoms with Gasteiger partial charge in [-0.3, -0.25) is 4.79 Å². The highest BCUT2D eigenvalue weighted by Crippen LogP contribution is 2.24. The number of thiazole rings is 1. The maximum Gasteiger partial charge on any atom is 0.226 e. The zero-order valence-electron chi connectivity index (χ0n) is 11.4. The van der Waals surface area contributed by atoms with Gasteiger partial charge in [0.25, 0.3) is 0 Å². The predicted molar refractivity (Wildman–Crippen MR) is 80.7 cm³/mol. The minimum Gasteiger partial charge on any atom is -0.395 e. The highest BCUT2D eigenvalue weighted by atomic mass is 32.1. The summed E-state index contributed by atoms with van der Waals surface area (Å²) in [5.41, 5.74) is 3.14. The number of aliphatic hydroxyl groups excluding tert-OH is 1. The van der Waals surface area contributed by atoms with Crippen LogP contribution in [0.2, 0.25) is 0 Å². The first-order chi connectivity index (χ1) is 9.72. The second-order valence-electron chi connectivity index (χ2n) is 4.44. The van der Waals surface area contributed by atoms with E-state index >= 15 is 0 Å². The van der Waals surface area contributed by atoms with E-state index in [2.05, 4.69) is 41.5 Å². The highest BCUT2D eigenvalue weighted by Gasteiger charge is 2.08. The molecule has 4 nitrogen and oxygen atoms in total. The van der Waals surface area contributed by atoms with Crippen molar-refractivity contribution in [3.63, 3.8) is 0 Å². The Kier molecular flexibility index (Phi) is 5.26. The van der Waals surface area contributed by atoms with E-state index in [1.54, 1.807) is 11.3 Å². The molecule has 1 heterocycles. The summed E-state index contributed by atoms with van der Waals surface area (Å²) in [7, 11) is 0. The lowest BCUT2D eigenvalue weighted by atomic mass is 10.1. The van der Waals surface area contributed by atoms with Crippen LogP contribution in [0.1, 0.15) is 18.2 Å². The predicted octanol–water partition coefficient (Wildman–Crippen LogP) is 2.02. The van der Waals surface area contributed by atoms with Gasteiger partial charge in [0.15, 0.2) is 0 Å². The van der Waals surface area contributed by atoms with Gasteiger partial charge in [-0.05, 0) is 12.0 Å². The van der Waals surface area contributed by atoms with Gasteiger partial charge in [-0.2, -0.15) is 0 Å². The largest absolute Gasteiger partial charge is 0.395 e. The average Bonchev–Trinajstić information content (AvgIpc) is 2.93. The van der Waals surface area contributed by atoms with Crippen molar-refractivity contribution in [2.75, 3.05) is 13.2 Å². The fourth-order valence-electron chi connectivity index (χ4n) is 1.83. The molecule has 5 heteroatoms. The lowest BCUT2D eigenvalue weighted by Gasteiger charge is -2.00. The van der Waals surface area contributed by atoms with Crippen molar-refractivity contribution in [1.82, 2.24) is 10.3 Å². The number of amides is 1. The fraction of sp³-hybridized carbons (Fsp3) is 0.333. The van der Waals surface area contributed by atoms with Gasteiger partial charge in [0, 0.05) is 17.5 Å². The van der Waals surface area contributed by atoms with Crippen LogP contribution in [0.4, 0.5) is 0 Å². The van der Waals surface area contributed by atoms with Gasteiger partial charge in [0.1, 0.15) is 5.01 Å². The van der Waals surface area contributed by atoms with Gasteiger partial charge in [-0.1, -0.05) is 31.2 Å². The summed E-state index contributed by atoms with van der Waals surface area (Å²) in [5, 5.41) is 14.1. The topological polar surface area (TPSA) is 62.2 Å². The third kappa shape index (κ3) is 3.88. The van der Waals surface area contributed by atoms with E-state index in [9.17, 15) is 4.79 Å². The van der Waals surface area contributed by atoms with Gasteiger partial charge >= 0.3 is 0 Å². The summed E-state index contributed by atoms with van der Waals surface area (Å²) in [6, 6.07) is 8.33. The van der Waals surface area contributed by atoms with Crippen LogP contribution in [0.15, 0.2) is 29.6 Å². The third-order valence-corrected chi connectivity index (χ3v) is 3.88. The highest BCUT2D eigenvalue weighted by molar-refractivity contribution is 7.13. The smallest absolute Gasteiger partial charge is 0.226 e. The first-order valence-corrected chi connectivity index (χ1v) is 7.52. The number of aromatic nitrogens is 1. The monoisotopic (exact) mass is 290 g/mol. The van der Waals surface area contributed by atoms with Crippen LogP contribution in [-0.4, -0.2) is 29.1 Å². The summed E-state index contributed by atoms with van der Waals surface area (Å²) in [4.78, 5) is 16.0. The minimum absolute atomic E-state index is 0.0438. The van der Waals surface area contributed by atoms with E-state index < -0.39 is 0 Å². The van der Waals surface area contributed by atoms with E-state index in [1.165, 1.54) is 5.56 Å². The van der Waals surface area contributed by atoms with E-state index in [0.29, 0.717) is 0 Å². The molecule has 1 amide bonds. The van der Waals surface area contributed by atoms with Crippen molar-refractivity contribution in [3.8, 4) is 10.6 Å². The Hall–Kier alpha value is -1.72. The van der Waals surface area contributed by atoms with Crippen LogP contribution >= 0.6 is 11.3 Å². The van der Waals surface area contributed by atoms with E-state index in [4.69, 9.17) is 5.11 Å². The molecule has 0 aliphatic carbocycles. The van der Waals surface area contributed by atoms with Crippen LogP contribution in [0.5, 0.6) is 0 Å². The molecule has 0 aliphatic rings. The number of carbonyl (C=O) groups is 1. The van der Waals surface area contributed by atoms with Crippen molar-refractivity contribution in [2.45, 2.75) is 19.8 Å². The van der Waals surface area contributed by atoms with Crippen molar-refractivity contribution < 1.29 is 9.90 Å². The van der Waals surface area contributed by atoms with Crippen LogP contribution in [0.25, 0.3) is 10.6 Å². The Labute approximate surface area is 122 Å². The average molecular weight is 290 g/mol. The van der Waals surface area contributed by atoms with Crippen molar-refractivity contribution in [2.24, 2.45) is 0 Å².